The Kier molecular flexibility index (Phi) is 2.89. The lowest BCUT2D eigenvalue weighted by atomic mass is 10.0. The molecule has 0 amide bonds. The topological polar surface area (TPSA) is 41.1 Å². The van der Waals surface area contributed by atoms with Gasteiger partial charge in [-0.25, -0.2) is 0 Å². The zero-order chi connectivity index (χ0) is 12.1. The second-order valence-electron chi connectivity index (χ2n) is 5.77. The first kappa shape index (κ1) is 11.7. The van der Waals surface area contributed by atoms with E-state index in [-0.39, 0.29) is 0 Å². The van der Waals surface area contributed by atoms with Crippen LogP contribution in [0, 0.1) is 15.5 Å². The Labute approximate surface area is 121 Å². The normalized spacial score (nSPS) is 39.8. The summed E-state index contributed by atoms with van der Waals surface area (Å²) in [6, 6.07) is 3.04. The van der Waals surface area contributed by atoms with Crippen molar-refractivity contribution < 1.29 is 4.74 Å². The number of nitrogens with one attached hydrogen (secondary N) is 1. The first-order valence-corrected chi connectivity index (χ1v) is 7.93. The molecule has 2 heterocycles. The average Bonchev–Trinajstić information content (AvgIpc) is 2.80. The van der Waals surface area contributed by atoms with E-state index in [1.807, 2.05) is 0 Å². The summed E-state index contributed by atoms with van der Waals surface area (Å²) in [5.41, 5.74) is 1.37. The molecule has 5 heteroatoms. The molecule has 4 rings (SSSR count). The molecule has 0 aromatic carbocycles. The van der Waals surface area contributed by atoms with Crippen LogP contribution in [0.2, 0.25) is 0 Å². The number of morpholine rings is 1. The van der Waals surface area contributed by atoms with Crippen molar-refractivity contribution in [1.29, 1.82) is 0 Å². The fourth-order valence-corrected chi connectivity index (χ4v) is 4.45. The number of H-pyrrole nitrogens is 1. The van der Waals surface area contributed by atoms with Gasteiger partial charge in [0.05, 0.1) is 13.2 Å². The van der Waals surface area contributed by atoms with E-state index in [0.29, 0.717) is 0 Å². The maximum Gasteiger partial charge on any atom is 0.123 e. The Morgan fingerprint density at radius 2 is 2.00 bits per heavy atom. The molecule has 2 unspecified atom stereocenters. The fourth-order valence-electron chi connectivity index (χ4n) is 4.00. The molecule has 4 atom stereocenters. The smallest absolute Gasteiger partial charge is 0.123 e. The first-order valence-electron chi connectivity index (χ1n) is 6.85. The molecular weight excluding hydrogens is 341 g/mol. The fraction of sp³-hybridized carbons (Fsp3) is 0.769. The van der Waals surface area contributed by atoms with Crippen molar-refractivity contribution >= 4 is 22.6 Å². The second-order valence-corrected chi connectivity index (χ2v) is 6.88. The lowest BCUT2D eigenvalue weighted by Gasteiger charge is -2.33. The van der Waals surface area contributed by atoms with Gasteiger partial charge in [-0.3, -0.25) is 10.00 Å². The predicted octanol–water partition coefficient (Wildman–Crippen LogP) is 1.84. The van der Waals surface area contributed by atoms with Crippen molar-refractivity contribution in [2.75, 3.05) is 26.3 Å². The SMILES string of the molecule is Ic1cc(C2[C@H]3CC(N4CCOCC4)C[C@@H]23)[nH]n1. The maximum absolute atomic E-state index is 5.43. The molecule has 1 aromatic heterocycles. The molecule has 3 fully saturated rings. The van der Waals surface area contributed by atoms with Gasteiger partial charge in [-0.2, -0.15) is 5.10 Å². The van der Waals surface area contributed by atoms with Crippen LogP contribution in [-0.4, -0.2) is 47.4 Å². The number of halogens is 1. The van der Waals surface area contributed by atoms with Gasteiger partial charge in [-0.05, 0) is 53.3 Å². The molecule has 1 saturated heterocycles. The third kappa shape index (κ3) is 1.91. The van der Waals surface area contributed by atoms with Crippen molar-refractivity contribution in [2.45, 2.75) is 24.8 Å². The largest absolute Gasteiger partial charge is 0.379 e. The molecule has 98 valence electrons. The number of hydrogen-bond acceptors (Lipinski definition) is 3. The van der Waals surface area contributed by atoms with E-state index < -0.39 is 0 Å². The summed E-state index contributed by atoms with van der Waals surface area (Å²) in [5.74, 6) is 2.60. The number of fused-ring (bicyclic) bond motifs is 1. The Morgan fingerprint density at radius 3 is 2.61 bits per heavy atom. The molecule has 18 heavy (non-hydrogen) atoms. The summed E-state index contributed by atoms with van der Waals surface area (Å²) in [6.07, 6.45) is 2.76. The lowest BCUT2D eigenvalue weighted by Crippen LogP contribution is -2.43. The average molecular weight is 359 g/mol. The maximum atomic E-state index is 5.43. The Balaban J connectivity index is 1.38. The van der Waals surface area contributed by atoms with Crippen molar-refractivity contribution in [3.8, 4) is 0 Å². The number of aromatic amines is 1. The van der Waals surface area contributed by atoms with Gasteiger partial charge in [0, 0.05) is 30.7 Å². The Morgan fingerprint density at radius 1 is 1.28 bits per heavy atom. The molecule has 0 radical (unpaired) electrons. The van der Waals surface area contributed by atoms with Crippen molar-refractivity contribution in [3.05, 3.63) is 15.5 Å². The number of ether oxygens (including phenoxy) is 1. The minimum Gasteiger partial charge on any atom is -0.379 e. The van der Waals surface area contributed by atoms with Crippen LogP contribution >= 0.6 is 22.6 Å². The number of nitrogens with zero attached hydrogens (tertiary/aromatic N) is 2. The number of aromatic nitrogens is 2. The molecule has 2 aliphatic carbocycles. The Bertz CT molecular complexity index is 431. The summed E-state index contributed by atoms with van der Waals surface area (Å²) in [4.78, 5) is 2.64. The van der Waals surface area contributed by atoms with Gasteiger partial charge in [0.2, 0.25) is 0 Å². The second kappa shape index (κ2) is 4.45. The molecule has 3 aliphatic rings. The predicted molar refractivity (Wildman–Crippen MR) is 76.4 cm³/mol. The van der Waals surface area contributed by atoms with E-state index in [1.54, 1.807) is 0 Å². The summed E-state index contributed by atoms with van der Waals surface area (Å²) >= 11 is 2.28. The number of hydrogen-bond donors (Lipinski definition) is 1. The molecule has 1 aliphatic heterocycles. The van der Waals surface area contributed by atoms with Crippen molar-refractivity contribution in [3.63, 3.8) is 0 Å². The summed E-state index contributed by atoms with van der Waals surface area (Å²) < 4.78 is 6.53. The molecule has 1 N–H and O–H groups in total. The number of rotatable bonds is 2. The molecular formula is C13H18IN3O. The minimum absolute atomic E-state index is 0.776. The zero-order valence-electron chi connectivity index (χ0n) is 10.3. The van der Waals surface area contributed by atoms with E-state index in [9.17, 15) is 0 Å². The van der Waals surface area contributed by atoms with E-state index in [0.717, 1.165) is 53.8 Å². The van der Waals surface area contributed by atoms with Gasteiger partial charge in [-0.15, -0.1) is 0 Å². The van der Waals surface area contributed by atoms with Crippen LogP contribution in [0.5, 0.6) is 0 Å². The van der Waals surface area contributed by atoms with Gasteiger partial charge in [-0.1, -0.05) is 0 Å². The third-order valence-electron chi connectivity index (χ3n) is 4.91. The van der Waals surface area contributed by atoms with Crippen molar-refractivity contribution in [1.82, 2.24) is 15.1 Å². The van der Waals surface area contributed by atoms with Gasteiger partial charge in [0.15, 0.2) is 0 Å². The van der Waals surface area contributed by atoms with E-state index in [2.05, 4.69) is 43.8 Å². The van der Waals surface area contributed by atoms with Gasteiger partial charge < -0.3 is 4.74 Å². The van der Waals surface area contributed by atoms with Crippen LogP contribution in [-0.2, 0) is 4.74 Å². The molecule has 4 nitrogen and oxygen atoms in total. The van der Waals surface area contributed by atoms with Gasteiger partial charge in [0.1, 0.15) is 3.70 Å². The molecule has 0 bridgehead atoms. The van der Waals surface area contributed by atoms with Crippen LogP contribution < -0.4 is 0 Å². The molecule has 1 aromatic rings. The van der Waals surface area contributed by atoms with E-state index >= 15 is 0 Å². The highest BCUT2D eigenvalue weighted by molar-refractivity contribution is 14.1. The minimum atomic E-state index is 0.776. The summed E-state index contributed by atoms with van der Waals surface area (Å²) in [6.45, 7) is 4.12. The zero-order valence-corrected chi connectivity index (χ0v) is 12.5. The highest BCUT2D eigenvalue weighted by Crippen LogP contribution is 2.63. The summed E-state index contributed by atoms with van der Waals surface area (Å²) in [5, 5.41) is 7.45. The highest BCUT2D eigenvalue weighted by Gasteiger charge is 2.58. The third-order valence-corrected chi connectivity index (χ3v) is 5.46. The standard InChI is InChI=1S/C13H18IN3O/c14-12-7-11(15-16-12)13-9-5-8(6-10(9)13)17-1-3-18-4-2-17/h7-10,13H,1-6H2,(H,15,16)/t8?,9-,10+,13?. The van der Waals surface area contributed by atoms with Crippen molar-refractivity contribution in [2.24, 2.45) is 11.8 Å². The van der Waals surface area contributed by atoms with E-state index in [1.165, 1.54) is 18.5 Å². The van der Waals surface area contributed by atoms with Gasteiger partial charge >= 0.3 is 0 Å². The monoisotopic (exact) mass is 359 g/mol. The molecule has 2 saturated carbocycles. The summed E-state index contributed by atoms with van der Waals surface area (Å²) in [7, 11) is 0. The molecule has 0 spiro atoms. The van der Waals surface area contributed by atoms with E-state index in [4.69, 9.17) is 4.74 Å². The van der Waals surface area contributed by atoms with Gasteiger partial charge in [0.25, 0.3) is 0 Å². The van der Waals surface area contributed by atoms with Crippen LogP contribution in [0.15, 0.2) is 6.07 Å². The lowest BCUT2D eigenvalue weighted by molar-refractivity contribution is 0.0151. The van der Waals surface area contributed by atoms with Crippen LogP contribution in [0.25, 0.3) is 0 Å². The van der Waals surface area contributed by atoms with Crippen LogP contribution in [0.4, 0.5) is 0 Å². The van der Waals surface area contributed by atoms with Crippen LogP contribution in [0.1, 0.15) is 24.5 Å². The first-order chi connectivity index (χ1) is 8.83. The Hall–Kier alpha value is -0.140. The van der Waals surface area contributed by atoms with Crippen LogP contribution in [0.3, 0.4) is 0 Å². The highest BCUT2D eigenvalue weighted by atomic mass is 127. The quantitative estimate of drug-likeness (QED) is 0.820.